The summed E-state index contributed by atoms with van der Waals surface area (Å²) in [6.45, 7) is 1.10. The molecule has 2 atom stereocenters. The Labute approximate surface area is 179 Å². The molecule has 2 aliphatic heterocycles. The summed E-state index contributed by atoms with van der Waals surface area (Å²) in [5.41, 5.74) is 0.935. The van der Waals surface area contributed by atoms with Crippen molar-refractivity contribution in [3.05, 3.63) is 57.8 Å². The number of likely N-dealkylation sites (tertiary alicyclic amines) is 1. The number of rotatable bonds is 4. The Morgan fingerprint density at radius 2 is 1.90 bits per heavy atom. The largest absolute Gasteiger partial charge is 0.421 e. The van der Waals surface area contributed by atoms with Crippen LogP contribution in [0, 0.1) is 0 Å². The lowest BCUT2D eigenvalue weighted by Gasteiger charge is -2.47. The van der Waals surface area contributed by atoms with Crippen LogP contribution >= 0.6 is 11.3 Å². The normalized spacial score (nSPS) is 28.2. The number of carbonyl (C=O) groups excluding carboxylic acids is 2. The molecule has 2 unspecified atom stereocenters. The predicted molar refractivity (Wildman–Crippen MR) is 111 cm³/mol. The second-order valence-corrected chi connectivity index (χ2v) is 9.48. The van der Waals surface area contributed by atoms with Gasteiger partial charge in [-0.15, -0.1) is 11.3 Å². The average Bonchev–Trinajstić information content (AvgIpc) is 3.33. The summed E-state index contributed by atoms with van der Waals surface area (Å²) in [7, 11) is 0. The number of ether oxygens (including phenoxy) is 2. The number of fused-ring (bicyclic) bond motifs is 1. The van der Waals surface area contributed by atoms with Crippen molar-refractivity contribution in [3.8, 4) is 0 Å². The van der Waals surface area contributed by atoms with Crippen molar-refractivity contribution in [2.75, 3.05) is 13.1 Å². The van der Waals surface area contributed by atoms with Crippen LogP contribution in [0.2, 0.25) is 0 Å². The summed E-state index contributed by atoms with van der Waals surface area (Å²) in [4.78, 5) is 27.3. The molecule has 3 aliphatic rings. The second kappa shape index (κ2) is 7.48. The molecule has 6 nitrogen and oxygen atoms in total. The Morgan fingerprint density at radius 1 is 1.13 bits per heavy atom. The molecule has 2 aromatic rings. The fraction of sp³-hybridized carbons (Fsp3) is 0.478. The molecule has 1 aromatic carbocycles. The van der Waals surface area contributed by atoms with E-state index in [4.69, 9.17) is 9.47 Å². The number of aryl methyl sites for hydroxylation is 1. The van der Waals surface area contributed by atoms with Gasteiger partial charge in [0, 0.05) is 18.0 Å². The van der Waals surface area contributed by atoms with E-state index in [0.717, 1.165) is 24.8 Å². The highest BCUT2D eigenvalue weighted by atomic mass is 32.1. The molecule has 0 radical (unpaired) electrons. The minimum atomic E-state index is -1.54. The molecule has 1 aromatic heterocycles. The summed E-state index contributed by atoms with van der Waals surface area (Å²) >= 11 is 1.82. The van der Waals surface area contributed by atoms with Crippen molar-refractivity contribution in [1.82, 2.24) is 4.90 Å². The predicted octanol–water partition coefficient (Wildman–Crippen LogP) is 3.30. The Kier molecular flexibility index (Phi) is 4.92. The number of thiophene rings is 1. The zero-order valence-corrected chi connectivity index (χ0v) is 17.5. The van der Waals surface area contributed by atoms with Crippen LogP contribution in [0.1, 0.15) is 54.0 Å². The van der Waals surface area contributed by atoms with Crippen LogP contribution in [0.3, 0.4) is 0 Å². The zero-order valence-electron chi connectivity index (χ0n) is 16.7. The van der Waals surface area contributed by atoms with E-state index in [1.807, 2.05) is 46.6 Å². The Hall–Kier alpha value is -2.22. The van der Waals surface area contributed by atoms with Crippen molar-refractivity contribution in [2.24, 2.45) is 0 Å². The first-order chi connectivity index (χ1) is 14.5. The highest BCUT2D eigenvalue weighted by Crippen LogP contribution is 2.45. The Balaban J connectivity index is 1.38. The number of nitrogens with zero attached hydrogens (tertiary/aromatic N) is 1. The van der Waals surface area contributed by atoms with Gasteiger partial charge in [-0.25, -0.2) is 14.5 Å². The minimum Gasteiger partial charge on any atom is -0.400 e. The molecule has 7 heteroatoms. The zero-order chi connectivity index (χ0) is 20.8. The fourth-order valence-corrected chi connectivity index (χ4v) is 6.14. The van der Waals surface area contributed by atoms with Gasteiger partial charge in [0.25, 0.3) is 0 Å². The minimum absolute atomic E-state index is 0.00978. The lowest BCUT2D eigenvalue weighted by molar-refractivity contribution is -0.293. The first-order valence-electron chi connectivity index (χ1n) is 10.5. The summed E-state index contributed by atoms with van der Waals surface area (Å²) in [5.74, 6) is -3.06. The van der Waals surface area contributed by atoms with Gasteiger partial charge in [0.2, 0.25) is 0 Å². The molecule has 1 spiro atoms. The topological polar surface area (TPSA) is 76.1 Å². The molecule has 0 amide bonds. The molecule has 0 saturated carbocycles. The maximum atomic E-state index is 12.0. The first-order valence-corrected chi connectivity index (χ1v) is 11.4. The van der Waals surface area contributed by atoms with Crippen LogP contribution in [0.15, 0.2) is 41.8 Å². The van der Waals surface area contributed by atoms with Gasteiger partial charge >= 0.3 is 17.8 Å². The van der Waals surface area contributed by atoms with E-state index in [9.17, 15) is 14.7 Å². The highest BCUT2D eigenvalue weighted by Gasteiger charge is 2.59. The smallest absolute Gasteiger partial charge is 0.400 e. The number of carbonyl (C=O) groups is 2. The van der Waals surface area contributed by atoms with Crippen molar-refractivity contribution < 1.29 is 24.2 Å². The van der Waals surface area contributed by atoms with Crippen molar-refractivity contribution >= 4 is 23.3 Å². The van der Waals surface area contributed by atoms with Crippen molar-refractivity contribution in [2.45, 2.75) is 56.0 Å². The number of esters is 2. The molecular formula is C23H25NO5S. The summed E-state index contributed by atoms with van der Waals surface area (Å²) < 4.78 is 11.0. The van der Waals surface area contributed by atoms with E-state index in [-0.39, 0.29) is 6.42 Å². The maximum Gasteiger partial charge on any atom is 0.421 e. The quantitative estimate of drug-likeness (QED) is 0.596. The number of hydrogen-bond donors (Lipinski definition) is 1. The summed E-state index contributed by atoms with van der Waals surface area (Å²) in [6, 6.07) is 11.5. The molecule has 2 fully saturated rings. The Morgan fingerprint density at radius 3 is 2.67 bits per heavy atom. The van der Waals surface area contributed by atoms with Gasteiger partial charge in [0.15, 0.2) is 0 Å². The van der Waals surface area contributed by atoms with Crippen molar-refractivity contribution in [1.29, 1.82) is 0 Å². The van der Waals surface area contributed by atoms with Gasteiger partial charge in [-0.3, -0.25) is 0 Å². The van der Waals surface area contributed by atoms with E-state index in [1.54, 1.807) is 0 Å². The van der Waals surface area contributed by atoms with E-state index in [0.29, 0.717) is 25.4 Å². The molecule has 30 heavy (non-hydrogen) atoms. The van der Waals surface area contributed by atoms with Crippen LogP contribution < -0.4 is 0 Å². The molecule has 0 bridgehead atoms. The SMILES string of the molecule is O=C1OC2(CC(O)(c3ccccc3)CCN2CCC2CCCc3sccc32)OC1=O. The monoisotopic (exact) mass is 427 g/mol. The third-order valence-corrected chi connectivity index (χ3v) is 7.70. The van der Waals surface area contributed by atoms with Crippen LogP contribution in [0.4, 0.5) is 0 Å². The molecule has 1 aliphatic carbocycles. The fourth-order valence-electron chi connectivity index (χ4n) is 5.13. The molecule has 1 N–H and O–H groups in total. The standard InChI is InChI=1S/C23H25NO5S/c25-20-21(26)29-23(28-20)15-22(27,17-6-2-1-3-7-17)11-13-24(23)12-9-16-5-4-8-19-18(16)10-14-30-19/h1-3,6-7,10,14,16,27H,4-5,8-9,11-13,15H2. The van der Waals surface area contributed by atoms with Crippen LogP contribution in [-0.2, 0) is 31.1 Å². The molecule has 5 rings (SSSR count). The lowest BCUT2D eigenvalue weighted by Crippen LogP contribution is -2.59. The summed E-state index contributed by atoms with van der Waals surface area (Å²) in [6.07, 6.45) is 4.85. The Bertz CT molecular complexity index is 942. The highest BCUT2D eigenvalue weighted by molar-refractivity contribution is 7.10. The van der Waals surface area contributed by atoms with E-state index in [2.05, 4.69) is 11.4 Å². The van der Waals surface area contributed by atoms with Gasteiger partial charge in [-0.2, -0.15) is 0 Å². The summed E-state index contributed by atoms with van der Waals surface area (Å²) in [5, 5.41) is 13.5. The van der Waals surface area contributed by atoms with E-state index >= 15 is 0 Å². The lowest BCUT2D eigenvalue weighted by atomic mass is 9.81. The van der Waals surface area contributed by atoms with Gasteiger partial charge < -0.3 is 14.6 Å². The van der Waals surface area contributed by atoms with Gasteiger partial charge in [-0.05, 0) is 60.6 Å². The number of hydrogen-bond acceptors (Lipinski definition) is 7. The van der Waals surface area contributed by atoms with Crippen molar-refractivity contribution in [3.63, 3.8) is 0 Å². The third-order valence-electron chi connectivity index (χ3n) is 6.70. The molecule has 2 saturated heterocycles. The maximum absolute atomic E-state index is 12.0. The van der Waals surface area contributed by atoms with Gasteiger partial charge in [-0.1, -0.05) is 30.3 Å². The second-order valence-electron chi connectivity index (χ2n) is 8.48. The molecular weight excluding hydrogens is 402 g/mol. The van der Waals surface area contributed by atoms with Crippen LogP contribution in [0.5, 0.6) is 0 Å². The number of aliphatic hydroxyl groups is 1. The van der Waals surface area contributed by atoms with Gasteiger partial charge in [0.1, 0.15) is 0 Å². The first kappa shape index (κ1) is 19.7. The average molecular weight is 428 g/mol. The van der Waals surface area contributed by atoms with Crippen LogP contribution in [0.25, 0.3) is 0 Å². The molecule has 3 heterocycles. The third kappa shape index (κ3) is 3.35. The van der Waals surface area contributed by atoms with E-state index in [1.165, 1.54) is 16.9 Å². The van der Waals surface area contributed by atoms with Gasteiger partial charge in [0.05, 0.1) is 12.0 Å². The van der Waals surface area contributed by atoms with E-state index < -0.39 is 23.5 Å². The molecule has 158 valence electrons. The number of piperidine rings is 1. The number of benzene rings is 1. The van der Waals surface area contributed by atoms with Crippen LogP contribution in [-0.4, -0.2) is 40.9 Å².